The van der Waals surface area contributed by atoms with Crippen molar-refractivity contribution in [3.63, 3.8) is 0 Å². The van der Waals surface area contributed by atoms with Crippen LogP contribution in [0.25, 0.3) is 0 Å². The van der Waals surface area contributed by atoms with E-state index < -0.39 is 0 Å². The van der Waals surface area contributed by atoms with Crippen LogP contribution in [-0.2, 0) is 6.42 Å². The number of aryl methyl sites for hydroxylation is 1. The Bertz CT molecular complexity index is 534. The smallest absolute Gasteiger partial charge is 0.118 e. The largest absolute Gasteiger partial charge is 0.497 e. The van der Waals surface area contributed by atoms with Crippen molar-refractivity contribution in [3.05, 3.63) is 59.7 Å². The van der Waals surface area contributed by atoms with Gasteiger partial charge in [0.05, 0.1) is 14.2 Å². The summed E-state index contributed by atoms with van der Waals surface area (Å²) in [7, 11) is 5.38. The molecular formula is C18H23NO2. The second-order valence-corrected chi connectivity index (χ2v) is 5.00. The van der Waals surface area contributed by atoms with Gasteiger partial charge in [-0.05, 0) is 55.3 Å². The monoisotopic (exact) mass is 285 g/mol. The Morgan fingerprint density at radius 2 is 1.38 bits per heavy atom. The van der Waals surface area contributed by atoms with Crippen LogP contribution in [0, 0.1) is 0 Å². The van der Waals surface area contributed by atoms with Crippen molar-refractivity contribution >= 4 is 0 Å². The van der Waals surface area contributed by atoms with Crippen LogP contribution in [0.1, 0.15) is 23.6 Å². The van der Waals surface area contributed by atoms with E-state index in [1.165, 1.54) is 11.1 Å². The van der Waals surface area contributed by atoms with Gasteiger partial charge in [-0.3, -0.25) is 0 Å². The summed E-state index contributed by atoms with van der Waals surface area (Å²) in [5, 5.41) is 3.38. The van der Waals surface area contributed by atoms with Crippen molar-refractivity contribution in [3.8, 4) is 11.5 Å². The van der Waals surface area contributed by atoms with Crippen LogP contribution in [0.15, 0.2) is 48.5 Å². The van der Waals surface area contributed by atoms with E-state index in [4.69, 9.17) is 9.47 Å². The van der Waals surface area contributed by atoms with Crippen molar-refractivity contribution < 1.29 is 9.47 Å². The number of hydrogen-bond acceptors (Lipinski definition) is 3. The quantitative estimate of drug-likeness (QED) is 0.843. The normalized spacial score (nSPS) is 12.0. The van der Waals surface area contributed by atoms with E-state index in [-0.39, 0.29) is 0 Å². The molecule has 0 saturated heterocycles. The minimum atomic E-state index is 0.345. The Balaban J connectivity index is 1.97. The molecule has 0 aliphatic carbocycles. The number of ether oxygens (including phenoxy) is 2. The Labute approximate surface area is 126 Å². The summed E-state index contributed by atoms with van der Waals surface area (Å²) in [6.45, 7) is 0. The molecule has 3 heteroatoms. The molecular weight excluding hydrogens is 262 g/mol. The molecule has 0 aliphatic heterocycles. The van der Waals surface area contributed by atoms with E-state index in [1.807, 2.05) is 31.3 Å². The number of nitrogens with one attached hydrogen (secondary N) is 1. The first kappa shape index (κ1) is 15.4. The van der Waals surface area contributed by atoms with Crippen molar-refractivity contribution in [2.24, 2.45) is 0 Å². The summed E-state index contributed by atoms with van der Waals surface area (Å²) in [5.74, 6) is 1.79. The number of benzene rings is 2. The molecule has 1 N–H and O–H groups in total. The fraction of sp³-hybridized carbons (Fsp3) is 0.333. The zero-order chi connectivity index (χ0) is 15.1. The fourth-order valence-corrected chi connectivity index (χ4v) is 2.42. The third kappa shape index (κ3) is 4.23. The average Bonchev–Trinajstić information content (AvgIpc) is 2.56. The first-order valence-electron chi connectivity index (χ1n) is 7.21. The van der Waals surface area contributed by atoms with Crippen LogP contribution in [0.2, 0.25) is 0 Å². The molecule has 1 unspecified atom stereocenters. The van der Waals surface area contributed by atoms with E-state index in [1.54, 1.807) is 14.2 Å². The molecule has 112 valence electrons. The van der Waals surface area contributed by atoms with Gasteiger partial charge in [0.2, 0.25) is 0 Å². The van der Waals surface area contributed by atoms with Gasteiger partial charge < -0.3 is 14.8 Å². The Hall–Kier alpha value is -2.00. The second kappa shape index (κ2) is 7.70. The average molecular weight is 285 g/mol. The lowest BCUT2D eigenvalue weighted by Gasteiger charge is -2.17. The van der Waals surface area contributed by atoms with Crippen LogP contribution < -0.4 is 14.8 Å². The molecule has 0 aliphatic rings. The van der Waals surface area contributed by atoms with Gasteiger partial charge in [0, 0.05) is 6.04 Å². The molecule has 0 bridgehead atoms. The van der Waals surface area contributed by atoms with Gasteiger partial charge >= 0.3 is 0 Å². The van der Waals surface area contributed by atoms with Crippen molar-refractivity contribution in [1.82, 2.24) is 5.32 Å². The molecule has 3 nitrogen and oxygen atoms in total. The first-order chi connectivity index (χ1) is 10.3. The molecule has 21 heavy (non-hydrogen) atoms. The molecule has 2 rings (SSSR count). The first-order valence-corrected chi connectivity index (χ1v) is 7.21. The summed E-state index contributed by atoms with van der Waals surface area (Å²) < 4.78 is 10.4. The van der Waals surface area contributed by atoms with Gasteiger partial charge in [-0.1, -0.05) is 24.3 Å². The van der Waals surface area contributed by atoms with Gasteiger partial charge in [-0.2, -0.15) is 0 Å². The number of methoxy groups -OCH3 is 2. The van der Waals surface area contributed by atoms with Crippen LogP contribution in [0.4, 0.5) is 0 Å². The molecule has 0 radical (unpaired) electrons. The van der Waals surface area contributed by atoms with E-state index >= 15 is 0 Å². The highest BCUT2D eigenvalue weighted by molar-refractivity contribution is 5.30. The molecule has 1 atom stereocenters. The van der Waals surface area contributed by atoms with E-state index in [9.17, 15) is 0 Å². The summed E-state index contributed by atoms with van der Waals surface area (Å²) in [6, 6.07) is 16.9. The minimum Gasteiger partial charge on any atom is -0.497 e. The number of rotatable bonds is 7. The van der Waals surface area contributed by atoms with E-state index in [2.05, 4.69) is 29.6 Å². The lowest BCUT2D eigenvalue weighted by Crippen LogP contribution is -2.17. The van der Waals surface area contributed by atoms with Gasteiger partial charge in [-0.15, -0.1) is 0 Å². The number of hydrogen-bond donors (Lipinski definition) is 1. The van der Waals surface area contributed by atoms with E-state index in [0.29, 0.717) is 6.04 Å². The summed E-state index contributed by atoms with van der Waals surface area (Å²) in [4.78, 5) is 0. The maximum Gasteiger partial charge on any atom is 0.118 e. The molecule has 0 aromatic heterocycles. The van der Waals surface area contributed by atoms with Crippen LogP contribution >= 0.6 is 0 Å². The van der Waals surface area contributed by atoms with Gasteiger partial charge in [0.25, 0.3) is 0 Å². The molecule has 2 aromatic rings. The van der Waals surface area contributed by atoms with Gasteiger partial charge in [0.15, 0.2) is 0 Å². The standard InChI is InChI=1S/C18H23NO2/c1-19-18(15-7-11-17(21-3)12-8-15)13-6-14-4-9-16(20-2)10-5-14/h4-5,7-12,18-19H,6,13H2,1-3H3. The maximum atomic E-state index is 5.20. The summed E-state index contributed by atoms with van der Waals surface area (Å²) >= 11 is 0. The SMILES string of the molecule is CNC(CCc1ccc(OC)cc1)c1ccc(OC)cc1. The Morgan fingerprint density at radius 1 is 0.857 bits per heavy atom. The lowest BCUT2D eigenvalue weighted by atomic mass is 9.99. The third-order valence-electron chi connectivity index (χ3n) is 3.75. The predicted molar refractivity (Wildman–Crippen MR) is 86.1 cm³/mol. The highest BCUT2D eigenvalue weighted by Gasteiger charge is 2.09. The maximum absolute atomic E-state index is 5.20. The van der Waals surface area contributed by atoms with E-state index in [0.717, 1.165) is 24.3 Å². The van der Waals surface area contributed by atoms with Crippen LogP contribution in [0.5, 0.6) is 11.5 Å². The zero-order valence-corrected chi connectivity index (χ0v) is 12.9. The lowest BCUT2D eigenvalue weighted by molar-refractivity contribution is 0.414. The van der Waals surface area contributed by atoms with Crippen molar-refractivity contribution in [1.29, 1.82) is 0 Å². The molecule has 0 saturated carbocycles. The Kier molecular flexibility index (Phi) is 5.64. The molecule has 0 heterocycles. The highest BCUT2D eigenvalue weighted by atomic mass is 16.5. The van der Waals surface area contributed by atoms with Gasteiger partial charge in [-0.25, -0.2) is 0 Å². The van der Waals surface area contributed by atoms with Crippen molar-refractivity contribution in [2.75, 3.05) is 21.3 Å². The fourth-order valence-electron chi connectivity index (χ4n) is 2.42. The molecule has 0 amide bonds. The summed E-state index contributed by atoms with van der Waals surface area (Å²) in [6.07, 6.45) is 2.08. The summed E-state index contributed by atoms with van der Waals surface area (Å²) in [5.41, 5.74) is 2.61. The molecule has 2 aromatic carbocycles. The Morgan fingerprint density at radius 3 is 1.86 bits per heavy atom. The minimum absolute atomic E-state index is 0.345. The van der Waals surface area contributed by atoms with Crippen LogP contribution in [0.3, 0.4) is 0 Å². The molecule has 0 spiro atoms. The zero-order valence-electron chi connectivity index (χ0n) is 12.9. The topological polar surface area (TPSA) is 30.5 Å². The highest BCUT2D eigenvalue weighted by Crippen LogP contribution is 2.22. The van der Waals surface area contributed by atoms with Crippen LogP contribution in [-0.4, -0.2) is 21.3 Å². The second-order valence-electron chi connectivity index (χ2n) is 5.00. The predicted octanol–water partition coefficient (Wildman–Crippen LogP) is 3.60. The van der Waals surface area contributed by atoms with Gasteiger partial charge in [0.1, 0.15) is 11.5 Å². The molecule has 0 fully saturated rings. The van der Waals surface area contributed by atoms with Crippen molar-refractivity contribution in [2.45, 2.75) is 18.9 Å². The third-order valence-corrected chi connectivity index (χ3v) is 3.75.